The van der Waals surface area contributed by atoms with E-state index in [1.54, 1.807) is 54.6 Å². The first-order chi connectivity index (χ1) is 14.5. The maximum atomic E-state index is 12.4. The molecule has 0 spiro atoms. The smallest absolute Gasteiger partial charge is 0.338 e. The second-order valence-corrected chi connectivity index (χ2v) is 7.37. The van der Waals surface area contributed by atoms with Gasteiger partial charge in [-0.1, -0.05) is 42.5 Å². The number of benzene rings is 2. The van der Waals surface area contributed by atoms with Crippen LogP contribution in [0.3, 0.4) is 0 Å². The number of esters is 3. The first-order valence-electron chi connectivity index (χ1n) is 9.76. The zero-order valence-corrected chi connectivity index (χ0v) is 16.8. The SMILES string of the molecule is CC(=O)OC1C=CCC(COC(=O)c2ccccc2)(COC(=O)c2ccccc2)C1. The van der Waals surface area contributed by atoms with Crippen LogP contribution in [0.25, 0.3) is 0 Å². The van der Waals surface area contributed by atoms with Crippen molar-refractivity contribution in [2.45, 2.75) is 25.9 Å². The fraction of sp³-hybridized carbons (Fsp3) is 0.292. The Bertz CT molecular complexity index is 848. The zero-order chi connectivity index (χ0) is 21.4. The zero-order valence-electron chi connectivity index (χ0n) is 16.8. The largest absolute Gasteiger partial charge is 0.461 e. The summed E-state index contributed by atoms with van der Waals surface area (Å²) < 4.78 is 16.4. The monoisotopic (exact) mass is 408 g/mol. The normalized spacial score (nSPS) is 17.0. The quantitative estimate of drug-likeness (QED) is 0.392. The minimum Gasteiger partial charge on any atom is -0.461 e. The van der Waals surface area contributed by atoms with Gasteiger partial charge in [0.2, 0.25) is 0 Å². The van der Waals surface area contributed by atoms with Gasteiger partial charge in [0.1, 0.15) is 19.3 Å². The van der Waals surface area contributed by atoms with Crippen molar-refractivity contribution in [1.82, 2.24) is 0 Å². The molecule has 0 fully saturated rings. The molecule has 3 rings (SSSR count). The number of hydrogen-bond acceptors (Lipinski definition) is 6. The topological polar surface area (TPSA) is 78.9 Å². The van der Waals surface area contributed by atoms with E-state index in [9.17, 15) is 14.4 Å². The van der Waals surface area contributed by atoms with Gasteiger partial charge < -0.3 is 14.2 Å². The van der Waals surface area contributed by atoms with Gasteiger partial charge in [-0.3, -0.25) is 4.79 Å². The highest BCUT2D eigenvalue weighted by Crippen LogP contribution is 2.35. The molecule has 6 nitrogen and oxygen atoms in total. The summed E-state index contributed by atoms with van der Waals surface area (Å²) in [5, 5.41) is 0. The molecule has 156 valence electrons. The predicted molar refractivity (Wildman–Crippen MR) is 110 cm³/mol. The van der Waals surface area contributed by atoms with Crippen molar-refractivity contribution in [3.63, 3.8) is 0 Å². The molecule has 2 aromatic carbocycles. The van der Waals surface area contributed by atoms with Gasteiger partial charge >= 0.3 is 17.9 Å². The Labute approximate surface area is 175 Å². The van der Waals surface area contributed by atoms with Crippen molar-refractivity contribution in [2.24, 2.45) is 5.41 Å². The van der Waals surface area contributed by atoms with Crippen molar-refractivity contribution < 1.29 is 28.6 Å². The molecule has 0 saturated heterocycles. The second-order valence-electron chi connectivity index (χ2n) is 7.37. The van der Waals surface area contributed by atoms with Crippen molar-refractivity contribution in [3.8, 4) is 0 Å². The third kappa shape index (κ3) is 5.80. The van der Waals surface area contributed by atoms with Crippen LogP contribution < -0.4 is 0 Å². The van der Waals surface area contributed by atoms with Crippen LogP contribution in [0, 0.1) is 5.41 Å². The molecule has 0 bridgehead atoms. The summed E-state index contributed by atoms with van der Waals surface area (Å²) in [4.78, 5) is 36.2. The van der Waals surface area contributed by atoms with E-state index in [4.69, 9.17) is 14.2 Å². The summed E-state index contributed by atoms with van der Waals surface area (Å²) in [6.45, 7) is 1.41. The van der Waals surface area contributed by atoms with Crippen LogP contribution in [0.5, 0.6) is 0 Å². The standard InChI is InChI=1S/C24H24O6/c1-18(25)30-21-13-8-14-24(15-21,16-28-22(26)19-9-4-2-5-10-19)17-29-23(27)20-11-6-3-7-12-20/h2-13,21H,14-17H2,1H3. The molecule has 0 N–H and O–H groups in total. The molecule has 0 saturated carbocycles. The molecule has 0 aromatic heterocycles. The molecule has 0 aliphatic heterocycles. The minimum absolute atomic E-state index is 0.0326. The van der Waals surface area contributed by atoms with Crippen LogP contribution >= 0.6 is 0 Å². The number of hydrogen-bond donors (Lipinski definition) is 0. The highest BCUT2D eigenvalue weighted by atomic mass is 16.6. The number of allylic oxidation sites excluding steroid dienone is 1. The minimum atomic E-state index is -0.691. The van der Waals surface area contributed by atoms with E-state index >= 15 is 0 Å². The molecule has 30 heavy (non-hydrogen) atoms. The average Bonchev–Trinajstić information content (AvgIpc) is 2.77. The van der Waals surface area contributed by atoms with Gasteiger partial charge in [-0.15, -0.1) is 0 Å². The molecule has 1 aliphatic rings. The van der Waals surface area contributed by atoms with Gasteiger partial charge in [0.15, 0.2) is 0 Å². The maximum absolute atomic E-state index is 12.4. The molecule has 1 unspecified atom stereocenters. The van der Waals surface area contributed by atoms with Crippen LogP contribution in [0.2, 0.25) is 0 Å². The summed E-state index contributed by atoms with van der Waals surface area (Å²) >= 11 is 0. The molecule has 2 aromatic rings. The summed E-state index contributed by atoms with van der Waals surface area (Å²) in [7, 11) is 0. The van der Waals surface area contributed by atoms with Crippen LogP contribution in [-0.2, 0) is 19.0 Å². The van der Waals surface area contributed by atoms with E-state index < -0.39 is 29.4 Å². The van der Waals surface area contributed by atoms with Gasteiger partial charge in [0, 0.05) is 18.8 Å². The molecule has 1 atom stereocenters. The molecule has 0 heterocycles. The van der Waals surface area contributed by atoms with Crippen LogP contribution in [-0.4, -0.2) is 37.2 Å². The molecule has 0 radical (unpaired) electrons. The lowest BCUT2D eigenvalue weighted by molar-refractivity contribution is -0.146. The Balaban J connectivity index is 1.71. The van der Waals surface area contributed by atoms with Gasteiger partial charge in [-0.05, 0) is 36.8 Å². The molecule has 1 aliphatic carbocycles. The average molecular weight is 408 g/mol. The highest BCUT2D eigenvalue weighted by molar-refractivity contribution is 5.89. The van der Waals surface area contributed by atoms with E-state index in [0.717, 1.165) is 0 Å². The number of ether oxygens (including phenoxy) is 3. The van der Waals surface area contributed by atoms with E-state index in [1.165, 1.54) is 6.92 Å². The van der Waals surface area contributed by atoms with Crippen molar-refractivity contribution in [3.05, 3.63) is 83.9 Å². The summed E-state index contributed by atoms with van der Waals surface area (Å²) in [6, 6.07) is 17.4. The van der Waals surface area contributed by atoms with E-state index in [2.05, 4.69) is 0 Å². The van der Waals surface area contributed by atoms with E-state index in [0.29, 0.717) is 24.0 Å². The molecule has 6 heteroatoms. The Morgan fingerprint density at radius 3 is 1.83 bits per heavy atom. The van der Waals surface area contributed by atoms with Gasteiger partial charge in [-0.25, -0.2) is 9.59 Å². The Kier molecular flexibility index (Phi) is 7.01. The third-order valence-electron chi connectivity index (χ3n) is 4.89. The van der Waals surface area contributed by atoms with E-state index in [-0.39, 0.29) is 13.2 Å². The first-order valence-corrected chi connectivity index (χ1v) is 9.76. The van der Waals surface area contributed by atoms with Crippen LogP contribution in [0.1, 0.15) is 40.5 Å². The number of rotatable bonds is 7. The van der Waals surface area contributed by atoms with Gasteiger partial charge in [-0.2, -0.15) is 0 Å². The maximum Gasteiger partial charge on any atom is 0.338 e. The second kappa shape index (κ2) is 9.87. The van der Waals surface area contributed by atoms with E-state index in [1.807, 2.05) is 18.2 Å². The van der Waals surface area contributed by atoms with Crippen molar-refractivity contribution in [1.29, 1.82) is 0 Å². The lowest BCUT2D eigenvalue weighted by Crippen LogP contribution is -2.40. The Morgan fingerprint density at radius 2 is 1.37 bits per heavy atom. The Morgan fingerprint density at radius 1 is 0.867 bits per heavy atom. The molecular formula is C24H24O6. The first kappa shape index (κ1) is 21.3. The van der Waals surface area contributed by atoms with Crippen LogP contribution in [0.4, 0.5) is 0 Å². The van der Waals surface area contributed by atoms with Crippen molar-refractivity contribution in [2.75, 3.05) is 13.2 Å². The lowest BCUT2D eigenvalue weighted by Gasteiger charge is -2.36. The summed E-state index contributed by atoms with van der Waals surface area (Å²) in [5.74, 6) is -1.31. The third-order valence-corrected chi connectivity index (χ3v) is 4.89. The predicted octanol–water partition coefficient (Wildman–Crippen LogP) is 3.97. The van der Waals surface area contributed by atoms with Gasteiger partial charge in [0.05, 0.1) is 11.1 Å². The fourth-order valence-corrected chi connectivity index (χ4v) is 3.37. The van der Waals surface area contributed by atoms with Gasteiger partial charge in [0.25, 0.3) is 0 Å². The molecule has 0 amide bonds. The number of carbonyl (C=O) groups excluding carboxylic acids is 3. The lowest BCUT2D eigenvalue weighted by atomic mass is 9.77. The Hall–Kier alpha value is -3.41. The van der Waals surface area contributed by atoms with Crippen LogP contribution in [0.15, 0.2) is 72.8 Å². The summed E-state index contributed by atoms with van der Waals surface area (Å²) in [6.07, 6.45) is 4.10. The van der Waals surface area contributed by atoms with Crippen molar-refractivity contribution >= 4 is 17.9 Å². The summed E-state index contributed by atoms with van der Waals surface area (Å²) in [5.41, 5.74) is 0.192. The highest BCUT2D eigenvalue weighted by Gasteiger charge is 2.38. The number of carbonyl (C=O) groups is 3. The fourth-order valence-electron chi connectivity index (χ4n) is 3.37. The molecular weight excluding hydrogens is 384 g/mol.